The number of thiazole rings is 1. The molecule has 174 valence electrons. The molecule has 0 aliphatic heterocycles. The number of carbonyl (C=O) groups excluding carboxylic acids is 3. The van der Waals surface area contributed by atoms with Gasteiger partial charge in [-0.2, -0.15) is 0 Å². The van der Waals surface area contributed by atoms with E-state index < -0.39 is 0 Å². The van der Waals surface area contributed by atoms with Gasteiger partial charge in [0, 0.05) is 23.9 Å². The minimum Gasteiger partial charge on any atom is -0.353 e. The van der Waals surface area contributed by atoms with E-state index in [1.165, 1.54) is 17.8 Å². The maximum atomic E-state index is 13.0. The molecule has 1 atom stereocenters. The van der Waals surface area contributed by atoms with Crippen LogP contribution < -0.4 is 10.6 Å². The number of anilines is 1. The maximum absolute atomic E-state index is 13.0. The molecule has 1 aliphatic carbocycles. The number of amides is 3. The summed E-state index contributed by atoms with van der Waals surface area (Å²) < 4.78 is 0. The van der Waals surface area contributed by atoms with Crippen molar-refractivity contribution >= 4 is 34.2 Å². The number of hydrogen-bond donors (Lipinski definition) is 2. The van der Waals surface area contributed by atoms with Gasteiger partial charge in [-0.25, -0.2) is 4.98 Å². The topological polar surface area (TPSA) is 91.4 Å². The SMILES string of the molecule is CC(C)CN(CC(=O)Nc1nc(CC(=O)NC(C)C(C)C)cs1)C(=O)C1CCCCC1. The highest BCUT2D eigenvalue weighted by Gasteiger charge is 2.28. The molecule has 8 heteroatoms. The van der Waals surface area contributed by atoms with Crippen molar-refractivity contribution in [3.8, 4) is 0 Å². The number of carbonyl (C=O) groups is 3. The Labute approximate surface area is 190 Å². The van der Waals surface area contributed by atoms with Gasteiger partial charge in [-0.1, -0.05) is 47.0 Å². The zero-order chi connectivity index (χ0) is 23.0. The Morgan fingerprint density at radius 1 is 1.10 bits per heavy atom. The third-order valence-electron chi connectivity index (χ3n) is 5.71. The van der Waals surface area contributed by atoms with E-state index in [4.69, 9.17) is 0 Å². The molecule has 1 heterocycles. The first-order valence-electron chi connectivity index (χ1n) is 11.5. The third kappa shape index (κ3) is 8.59. The zero-order valence-electron chi connectivity index (χ0n) is 19.6. The predicted octanol–water partition coefficient (Wildman–Crippen LogP) is 3.85. The van der Waals surface area contributed by atoms with Gasteiger partial charge in [0.15, 0.2) is 5.13 Å². The second-order valence-electron chi connectivity index (χ2n) is 9.42. The second kappa shape index (κ2) is 12.2. The highest BCUT2D eigenvalue weighted by atomic mass is 32.1. The van der Waals surface area contributed by atoms with Crippen LogP contribution >= 0.6 is 11.3 Å². The maximum Gasteiger partial charge on any atom is 0.245 e. The van der Waals surface area contributed by atoms with Gasteiger partial charge in [0.25, 0.3) is 0 Å². The fourth-order valence-electron chi connectivity index (χ4n) is 3.69. The first kappa shape index (κ1) is 25.3. The van der Waals surface area contributed by atoms with Crippen LogP contribution in [0.4, 0.5) is 5.13 Å². The highest BCUT2D eigenvalue weighted by molar-refractivity contribution is 7.13. The van der Waals surface area contributed by atoms with E-state index in [2.05, 4.69) is 43.3 Å². The summed E-state index contributed by atoms with van der Waals surface area (Å²) in [4.78, 5) is 43.8. The van der Waals surface area contributed by atoms with Crippen LogP contribution in [0.2, 0.25) is 0 Å². The summed E-state index contributed by atoms with van der Waals surface area (Å²) >= 11 is 1.30. The first-order chi connectivity index (χ1) is 14.7. The molecule has 1 fully saturated rings. The van der Waals surface area contributed by atoms with Crippen LogP contribution in [0.15, 0.2) is 5.38 Å². The second-order valence-corrected chi connectivity index (χ2v) is 10.3. The Hall–Kier alpha value is -1.96. The summed E-state index contributed by atoms with van der Waals surface area (Å²) in [6.07, 6.45) is 5.39. The lowest BCUT2D eigenvalue weighted by atomic mass is 9.88. The molecule has 1 unspecified atom stereocenters. The molecule has 1 aromatic rings. The number of nitrogens with one attached hydrogen (secondary N) is 2. The molecular weight excluding hydrogens is 412 g/mol. The molecule has 7 nitrogen and oxygen atoms in total. The van der Waals surface area contributed by atoms with Crippen molar-refractivity contribution < 1.29 is 14.4 Å². The largest absolute Gasteiger partial charge is 0.353 e. The standard InChI is InChI=1S/C23H38N4O3S/c1-15(2)12-27(22(30)18-9-7-6-8-10-18)13-21(29)26-23-25-19(14-31-23)11-20(28)24-17(5)16(3)4/h14-18H,6-13H2,1-5H3,(H,24,28)(H,25,26,29). The molecule has 3 amide bonds. The van der Waals surface area contributed by atoms with Crippen molar-refractivity contribution in [3.05, 3.63) is 11.1 Å². The predicted molar refractivity (Wildman–Crippen MR) is 125 cm³/mol. The molecule has 0 bridgehead atoms. The highest BCUT2D eigenvalue weighted by Crippen LogP contribution is 2.26. The number of hydrogen-bond acceptors (Lipinski definition) is 5. The van der Waals surface area contributed by atoms with Crippen LogP contribution in [0.3, 0.4) is 0 Å². The van der Waals surface area contributed by atoms with Gasteiger partial charge in [0.2, 0.25) is 17.7 Å². The van der Waals surface area contributed by atoms with Crippen LogP contribution in [0.5, 0.6) is 0 Å². The monoisotopic (exact) mass is 450 g/mol. The minimum atomic E-state index is -0.247. The molecule has 0 radical (unpaired) electrons. The van der Waals surface area contributed by atoms with Gasteiger partial charge < -0.3 is 15.5 Å². The zero-order valence-corrected chi connectivity index (χ0v) is 20.4. The van der Waals surface area contributed by atoms with Crippen molar-refractivity contribution in [1.29, 1.82) is 0 Å². The Balaban J connectivity index is 1.90. The normalized spacial score (nSPS) is 15.7. The minimum absolute atomic E-state index is 0.0365. The molecular formula is C23H38N4O3S. The van der Waals surface area contributed by atoms with Crippen LogP contribution in [0, 0.1) is 17.8 Å². The van der Waals surface area contributed by atoms with Crippen molar-refractivity contribution in [2.45, 2.75) is 79.2 Å². The lowest BCUT2D eigenvalue weighted by Crippen LogP contribution is -2.43. The Morgan fingerprint density at radius 2 is 1.77 bits per heavy atom. The molecule has 0 spiro atoms. The Morgan fingerprint density at radius 3 is 2.39 bits per heavy atom. The molecule has 2 rings (SSSR count). The molecule has 2 N–H and O–H groups in total. The summed E-state index contributed by atoms with van der Waals surface area (Å²) in [6.45, 7) is 10.8. The van der Waals surface area contributed by atoms with Crippen molar-refractivity contribution in [3.63, 3.8) is 0 Å². The van der Waals surface area contributed by atoms with Gasteiger partial charge in [-0.05, 0) is 31.6 Å². The molecule has 31 heavy (non-hydrogen) atoms. The molecule has 0 saturated heterocycles. The molecule has 1 saturated carbocycles. The van der Waals surface area contributed by atoms with Crippen LogP contribution in [0.1, 0.15) is 72.4 Å². The van der Waals surface area contributed by atoms with E-state index in [9.17, 15) is 14.4 Å². The third-order valence-corrected chi connectivity index (χ3v) is 6.52. The molecule has 1 aliphatic rings. The molecule has 1 aromatic heterocycles. The smallest absolute Gasteiger partial charge is 0.245 e. The summed E-state index contributed by atoms with van der Waals surface area (Å²) in [5.41, 5.74) is 0.631. The lowest BCUT2D eigenvalue weighted by Gasteiger charge is -2.30. The van der Waals surface area contributed by atoms with Gasteiger partial charge in [0.1, 0.15) is 0 Å². The van der Waals surface area contributed by atoms with Gasteiger partial charge in [-0.15, -0.1) is 11.3 Å². The quantitative estimate of drug-likeness (QED) is 0.566. The van der Waals surface area contributed by atoms with Crippen LogP contribution in [-0.4, -0.2) is 46.7 Å². The van der Waals surface area contributed by atoms with E-state index in [0.29, 0.717) is 29.2 Å². The Bertz CT molecular complexity index is 741. The average molecular weight is 451 g/mol. The Kier molecular flexibility index (Phi) is 9.93. The van der Waals surface area contributed by atoms with Gasteiger partial charge in [0.05, 0.1) is 18.7 Å². The van der Waals surface area contributed by atoms with Crippen molar-refractivity contribution in [2.24, 2.45) is 17.8 Å². The fraction of sp³-hybridized carbons (Fsp3) is 0.739. The summed E-state index contributed by atoms with van der Waals surface area (Å²) in [5, 5.41) is 8.00. The van der Waals surface area contributed by atoms with Crippen LogP contribution in [0.25, 0.3) is 0 Å². The number of rotatable bonds is 10. The van der Waals surface area contributed by atoms with Crippen molar-refractivity contribution in [1.82, 2.24) is 15.2 Å². The average Bonchev–Trinajstić information content (AvgIpc) is 3.13. The lowest BCUT2D eigenvalue weighted by molar-refractivity contribution is -0.139. The van der Waals surface area contributed by atoms with Gasteiger partial charge in [-0.3, -0.25) is 14.4 Å². The summed E-state index contributed by atoms with van der Waals surface area (Å²) in [6, 6.07) is 0.0963. The molecule has 0 aromatic carbocycles. The van der Waals surface area contributed by atoms with Gasteiger partial charge >= 0.3 is 0 Å². The van der Waals surface area contributed by atoms with E-state index in [1.54, 1.807) is 10.3 Å². The van der Waals surface area contributed by atoms with Crippen molar-refractivity contribution in [2.75, 3.05) is 18.4 Å². The van der Waals surface area contributed by atoms with E-state index in [1.807, 2.05) is 6.92 Å². The number of nitrogens with zero attached hydrogens (tertiary/aromatic N) is 2. The summed E-state index contributed by atoms with van der Waals surface area (Å²) in [5.74, 6) is 0.463. The van der Waals surface area contributed by atoms with E-state index in [-0.39, 0.29) is 42.6 Å². The number of aromatic nitrogens is 1. The van der Waals surface area contributed by atoms with E-state index >= 15 is 0 Å². The van der Waals surface area contributed by atoms with Crippen LogP contribution in [-0.2, 0) is 20.8 Å². The van der Waals surface area contributed by atoms with E-state index in [0.717, 1.165) is 25.7 Å². The first-order valence-corrected chi connectivity index (χ1v) is 12.4. The summed E-state index contributed by atoms with van der Waals surface area (Å²) in [7, 11) is 0. The fourth-order valence-corrected chi connectivity index (χ4v) is 4.42.